The molecule has 5 nitrogen and oxygen atoms in total. The van der Waals surface area contributed by atoms with Crippen molar-refractivity contribution in [1.29, 1.82) is 0 Å². The minimum absolute atomic E-state index is 0.107. The molecule has 1 aliphatic heterocycles. The van der Waals surface area contributed by atoms with E-state index in [-0.39, 0.29) is 16.7 Å². The van der Waals surface area contributed by atoms with Gasteiger partial charge in [0.2, 0.25) is 5.91 Å². The van der Waals surface area contributed by atoms with Gasteiger partial charge in [-0.05, 0) is 75.4 Å². The predicted octanol–water partition coefficient (Wildman–Crippen LogP) is 4.50. The van der Waals surface area contributed by atoms with Gasteiger partial charge in [-0.25, -0.2) is 4.98 Å². The smallest absolute Gasteiger partial charge is 0.266 e. The molecule has 0 bridgehead atoms. The standard InChI is InChI=1S/C24H27N3O2S/c1-16-11-12-19(15-17(16)2)27-23(29)20-9-5-6-10-21(20)25-24(27)30-18(3)22(28)26-13-7-4-8-14-26/h5-6,9-12,15,18H,4,7-8,13-14H2,1-3H3/t18-/m0/s1. The van der Waals surface area contributed by atoms with Gasteiger partial charge in [-0.15, -0.1) is 0 Å². The van der Waals surface area contributed by atoms with Crippen LogP contribution in [-0.4, -0.2) is 38.7 Å². The van der Waals surface area contributed by atoms with Crippen molar-refractivity contribution < 1.29 is 4.79 Å². The molecule has 6 heteroatoms. The summed E-state index contributed by atoms with van der Waals surface area (Å²) in [6, 6.07) is 13.4. The summed E-state index contributed by atoms with van der Waals surface area (Å²) in [6.45, 7) is 7.63. The minimum Gasteiger partial charge on any atom is -0.342 e. The van der Waals surface area contributed by atoms with Crippen molar-refractivity contribution in [3.05, 3.63) is 63.9 Å². The van der Waals surface area contributed by atoms with Crippen LogP contribution >= 0.6 is 11.8 Å². The van der Waals surface area contributed by atoms with Crippen molar-refractivity contribution in [3.63, 3.8) is 0 Å². The molecule has 1 aliphatic rings. The number of carbonyl (C=O) groups is 1. The summed E-state index contributed by atoms with van der Waals surface area (Å²) in [6.07, 6.45) is 3.30. The number of carbonyl (C=O) groups excluding carboxylic acids is 1. The number of benzene rings is 2. The second-order valence-electron chi connectivity index (χ2n) is 7.97. The number of hydrogen-bond donors (Lipinski definition) is 0. The summed E-state index contributed by atoms with van der Waals surface area (Å²) in [7, 11) is 0. The zero-order chi connectivity index (χ0) is 21.3. The van der Waals surface area contributed by atoms with Crippen molar-refractivity contribution in [2.45, 2.75) is 50.4 Å². The second kappa shape index (κ2) is 8.64. The number of piperidine rings is 1. The molecule has 0 saturated carbocycles. The molecule has 1 amide bonds. The van der Waals surface area contributed by atoms with Crippen LogP contribution in [0, 0.1) is 13.8 Å². The van der Waals surface area contributed by atoms with Crippen LogP contribution in [0.4, 0.5) is 0 Å². The Balaban J connectivity index is 1.78. The fraction of sp³-hybridized carbons (Fsp3) is 0.375. The van der Waals surface area contributed by atoms with Crippen LogP contribution in [0.15, 0.2) is 52.4 Å². The monoisotopic (exact) mass is 421 g/mol. The average molecular weight is 422 g/mol. The van der Waals surface area contributed by atoms with E-state index in [9.17, 15) is 9.59 Å². The molecule has 2 aromatic carbocycles. The van der Waals surface area contributed by atoms with Crippen LogP contribution < -0.4 is 5.56 Å². The Morgan fingerprint density at radius 2 is 1.77 bits per heavy atom. The average Bonchev–Trinajstić information content (AvgIpc) is 2.76. The Morgan fingerprint density at radius 1 is 1.03 bits per heavy atom. The fourth-order valence-electron chi connectivity index (χ4n) is 3.86. The van der Waals surface area contributed by atoms with E-state index < -0.39 is 0 Å². The van der Waals surface area contributed by atoms with Gasteiger partial charge in [-0.1, -0.05) is 30.0 Å². The summed E-state index contributed by atoms with van der Waals surface area (Å²) in [4.78, 5) is 33.1. The van der Waals surface area contributed by atoms with Gasteiger partial charge >= 0.3 is 0 Å². The van der Waals surface area contributed by atoms with Crippen molar-refractivity contribution in [2.75, 3.05) is 13.1 Å². The summed E-state index contributed by atoms with van der Waals surface area (Å²) in [5, 5.41) is 0.823. The number of amides is 1. The molecule has 0 radical (unpaired) electrons. The first-order valence-electron chi connectivity index (χ1n) is 10.5. The zero-order valence-electron chi connectivity index (χ0n) is 17.7. The first kappa shape index (κ1) is 20.7. The van der Waals surface area contributed by atoms with Gasteiger partial charge in [0.25, 0.3) is 5.56 Å². The molecule has 2 heterocycles. The van der Waals surface area contributed by atoms with Gasteiger partial charge in [0.05, 0.1) is 21.8 Å². The number of nitrogens with zero attached hydrogens (tertiary/aromatic N) is 3. The molecule has 30 heavy (non-hydrogen) atoms. The number of para-hydroxylation sites is 1. The topological polar surface area (TPSA) is 55.2 Å². The van der Waals surface area contributed by atoms with Crippen molar-refractivity contribution in [1.82, 2.24) is 14.5 Å². The van der Waals surface area contributed by atoms with Crippen LogP contribution in [0.5, 0.6) is 0 Å². The predicted molar refractivity (Wildman–Crippen MR) is 123 cm³/mol. The third-order valence-corrected chi connectivity index (χ3v) is 6.83. The Morgan fingerprint density at radius 3 is 2.50 bits per heavy atom. The largest absolute Gasteiger partial charge is 0.342 e. The van der Waals surface area contributed by atoms with E-state index >= 15 is 0 Å². The lowest BCUT2D eigenvalue weighted by Crippen LogP contribution is -2.40. The minimum atomic E-state index is -0.311. The molecular formula is C24H27N3O2S. The van der Waals surface area contributed by atoms with Crippen LogP contribution in [0.1, 0.15) is 37.3 Å². The molecule has 1 saturated heterocycles. The Labute approximate surface area is 181 Å². The van der Waals surface area contributed by atoms with Crippen LogP contribution in [0.25, 0.3) is 16.6 Å². The van der Waals surface area contributed by atoms with Gasteiger partial charge in [-0.2, -0.15) is 0 Å². The summed E-state index contributed by atoms with van der Waals surface area (Å²) >= 11 is 1.37. The molecule has 4 rings (SSSR count). The fourth-order valence-corrected chi connectivity index (χ4v) is 4.87. The van der Waals surface area contributed by atoms with Crippen molar-refractivity contribution >= 4 is 28.6 Å². The van der Waals surface area contributed by atoms with E-state index in [1.54, 1.807) is 10.6 Å². The van der Waals surface area contributed by atoms with E-state index in [0.717, 1.165) is 37.2 Å². The molecule has 0 N–H and O–H groups in total. The lowest BCUT2D eigenvalue weighted by molar-refractivity contribution is -0.131. The van der Waals surface area contributed by atoms with Crippen molar-refractivity contribution in [2.24, 2.45) is 0 Å². The maximum absolute atomic E-state index is 13.4. The van der Waals surface area contributed by atoms with Gasteiger partial charge in [0, 0.05) is 13.1 Å². The highest BCUT2D eigenvalue weighted by Gasteiger charge is 2.25. The highest BCUT2D eigenvalue weighted by Crippen LogP contribution is 2.27. The Kier molecular flexibility index (Phi) is 5.95. The van der Waals surface area contributed by atoms with Crippen LogP contribution in [-0.2, 0) is 4.79 Å². The second-order valence-corrected chi connectivity index (χ2v) is 9.27. The van der Waals surface area contributed by atoms with E-state index in [2.05, 4.69) is 6.92 Å². The maximum Gasteiger partial charge on any atom is 0.266 e. The first-order valence-corrected chi connectivity index (χ1v) is 11.4. The summed E-state index contributed by atoms with van der Waals surface area (Å²) in [5.41, 5.74) is 3.61. The summed E-state index contributed by atoms with van der Waals surface area (Å²) < 4.78 is 1.65. The number of likely N-dealkylation sites (tertiary alicyclic amines) is 1. The molecule has 1 aromatic heterocycles. The van der Waals surface area contributed by atoms with E-state index in [0.29, 0.717) is 16.1 Å². The quantitative estimate of drug-likeness (QED) is 0.460. The van der Waals surface area contributed by atoms with Crippen molar-refractivity contribution in [3.8, 4) is 5.69 Å². The lowest BCUT2D eigenvalue weighted by Gasteiger charge is -2.29. The number of rotatable bonds is 4. The number of thioether (sulfide) groups is 1. The molecule has 1 fully saturated rings. The van der Waals surface area contributed by atoms with Crippen LogP contribution in [0.2, 0.25) is 0 Å². The van der Waals surface area contributed by atoms with Gasteiger partial charge in [0.15, 0.2) is 5.16 Å². The highest BCUT2D eigenvalue weighted by atomic mass is 32.2. The lowest BCUT2D eigenvalue weighted by atomic mass is 10.1. The SMILES string of the molecule is Cc1ccc(-n2c(S[C@@H](C)C(=O)N3CCCCC3)nc3ccccc3c2=O)cc1C. The Hall–Kier alpha value is -2.60. The third kappa shape index (κ3) is 4.01. The van der Waals surface area contributed by atoms with Gasteiger partial charge in [-0.3, -0.25) is 14.2 Å². The molecule has 0 aliphatic carbocycles. The molecule has 0 spiro atoms. The Bertz CT molecular complexity index is 1150. The first-order chi connectivity index (χ1) is 14.5. The van der Waals surface area contributed by atoms with E-state index in [1.807, 2.05) is 55.1 Å². The number of aromatic nitrogens is 2. The molecule has 156 valence electrons. The van der Waals surface area contributed by atoms with Gasteiger partial charge < -0.3 is 4.90 Å². The number of aryl methyl sites for hydroxylation is 2. The zero-order valence-corrected chi connectivity index (χ0v) is 18.5. The van der Waals surface area contributed by atoms with E-state index in [1.165, 1.54) is 23.7 Å². The van der Waals surface area contributed by atoms with E-state index in [4.69, 9.17) is 4.98 Å². The highest BCUT2D eigenvalue weighted by molar-refractivity contribution is 8.00. The molecular weight excluding hydrogens is 394 g/mol. The third-order valence-electron chi connectivity index (χ3n) is 5.79. The maximum atomic E-state index is 13.4. The molecule has 3 aromatic rings. The number of fused-ring (bicyclic) bond motifs is 1. The number of hydrogen-bond acceptors (Lipinski definition) is 4. The normalized spacial score (nSPS) is 15.4. The molecule has 0 unspecified atom stereocenters. The van der Waals surface area contributed by atoms with Gasteiger partial charge in [0.1, 0.15) is 0 Å². The molecule has 1 atom stereocenters. The summed E-state index contributed by atoms with van der Waals surface area (Å²) in [5.74, 6) is 0.119. The van der Waals surface area contributed by atoms with Crippen LogP contribution in [0.3, 0.4) is 0 Å².